The molecule has 0 unspecified atom stereocenters. The average molecular weight is 425 g/mol. The summed E-state index contributed by atoms with van der Waals surface area (Å²) in [6, 6.07) is 11.3. The minimum atomic E-state index is -0.811. The fourth-order valence-corrected chi connectivity index (χ4v) is 3.37. The van der Waals surface area contributed by atoms with Crippen LogP contribution in [0.25, 0.3) is 0 Å². The lowest BCUT2D eigenvalue weighted by atomic mass is 9.94. The highest BCUT2D eigenvalue weighted by Gasteiger charge is 2.37. The summed E-state index contributed by atoms with van der Waals surface area (Å²) < 4.78 is 10.6. The molecule has 9 nitrogen and oxygen atoms in total. The monoisotopic (exact) mass is 425 g/mol. The maximum Gasteiger partial charge on any atom is 0.338 e. The van der Waals surface area contributed by atoms with Gasteiger partial charge in [0, 0.05) is 17.8 Å². The summed E-state index contributed by atoms with van der Waals surface area (Å²) in [7, 11) is 1.54. The van der Waals surface area contributed by atoms with E-state index in [0.717, 1.165) is 0 Å². The van der Waals surface area contributed by atoms with Crippen molar-refractivity contribution in [1.29, 1.82) is 0 Å². The number of nitro benzene ring substituents is 1. The third-order valence-corrected chi connectivity index (χ3v) is 4.82. The molecular formula is C22H23N3O6. The highest BCUT2D eigenvalue weighted by Crippen LogP contribution is 2.35. The van der Waals surface area contributed by atoms with Gasteiger partial charge in [0.1, 0.15) is 5.75 Å². The number of hydrogen-bond donors (Lipinski definition) is 1. The largest absolute Gasteiger partial charge is 0.497 e. The second-order valence-electron chi connectivity index (χ2n) is 7.22. The Hall–Kier alpha value is -3.88. The van der Waals surface area contributed by atoms with Crippen LogP contribution in [0.2, 0.25) is 0 Å². The van der Waals surface area contributed by atoms with Gasteiger partial charge in [0.15, 0.2) is 0 Å². The maximum atomic E-state index is 13.0. The van der Waals surface area contributed by atoms with E-state index in [-0.39, 0.29) is 17.4 Å². The van der Waals surface area contributed by atoms with Crippen molar-refractivity contribution in [3.8, 4) is 5.75 Å². The molecule has 2 aromatic rings. The Morgan fingerprint density at radius 2 is 1.74 bits per heavy atom. The molecule has 0 bridgehead atoms. The van der Waals surface area contributed by atoms with Gasteiger partial charge in [-0.15, -0.1) is 0 Å². The van der Waals surface area contributed by atoms with Crippen LogP contribution in [0.5, 0.6) is 5.75 Å². The number of benzene rings is 2. The number of amides is 2. The molecule has 1 heterocycles. The Balaban J connectivity index is 2.09. The number of nitrogens with one attached hydrogen (secondary N) is 1. The van der Waals surface area contributed by atoms with E-state index in [1.165, 1.54) is 29.2 Å². The molecule has 0 fully saturated rings. The smallest absolute Gasteiger partial charge is 0.338 e. The SMILES string of the molecule is COc1ccc(N2C(=O)N[C@@H](c3ccc([N+](=O)[O-])cc3)C(C(=O)OC(C)C)=C2C)cc1. The van der Waals surface area contributed by atoms with Crippen LogP contribution in [-0.2, 0) is 9.53 Å². The summed E-state index contributed by atoms with van der Waals surface area (Å²) in [4.78, 5) is 37.8. The van der Waals surface area contributed by atoms with Crippen LogP contribution in [0.3, 0.4) is 0 Å². The van der Waals surface area contributed by atoms with Gasteiger partial charge < -0.3 is 14.8 Å². The van der Waals surface area contributed by atoms with Crippen LogP contribution in [0.4, 0.5) is 16.2 Å². The van der Waals surface area contributed by atoms with E-state index < -0.39 is 23.0 Å². The number of non-ortho nitro benzene ring substituents is 1. The number of carbonyl (C=O) groups excluding carboxylic acids is 2. The number of urea groups is 1. The van der Waals surface area contributed by atoms with E-state index in [1.54, 1.807) is 52.1 Å². The fourth-order valence-electron chi connectivity index (χ4n) is 3.37. The molecule has 3 rings (SSSR count). The average Bonchev–Trinajstić information content (AvgIpc) is 2.73. The number of esters is 1. The van der Waals surface area contributed by atoms with Crippen LogP contribution in [0, 0.1) is 10.1 Å². The summed E-state index contributed by atoms with van der Waals surface area (Å²) in [5.74, 6) is 0.0559. The summed E-state index contributed by atoms with van der Waals surface area (Å²) >= 11 is 0. The number of rotatable bonds is 6. The molecular weight excluding hydrogens is 402 g/mol. The van der Waals surface area contributed by atoms with Gasteiger partial charge in [-0.05, 0) is 62.7 Å². The lowest BCUT2D eigenvalue weighted by Gasteiger charge is -2.35. The van der Waals surface area contributed by atoms with E-state index in [0.29, 0.717) is 22.7 Å². The zero-order valence-corrected chi connectivity index (χ0v) is 17.6. The predicted octanol–water partition coefficient (Wildman–Crippen LogP) is 4.10. The van der Waals surface area contributed by atoms with Gasteiger partial charge in [0.05, 0.1) is 35.4 Å². The van der Waals surface area contributed by atoms with Crippen molar-refractivity contribution >= 4 is 23.4 Å². The third-order valence-electron chi connectivity index (χ3n) is 4.82. The van der Waals surface area contributed by atoms with Crippen LogP contribution < -0.4 is 15.0 Å². The van der Waals surface area contributed by atoms with Gasteiger partial charge in [-0.1, -0.05) is 0 Å². The van der Waals surface area contributed by atoms with Crippen molar-refractivity contribution in [2.75, 3.05) is 12.0 Å². The number of methoxy groups -OCH3 is 1. The number of nitrogens with zero attached hydrogens (tertiary/aromatic N) is 2. The first-order valence-electron chi connectivity index (χ1n) is 9.63. The van der Waals surface area contributed by atoms with Crippen LogP contribution >= 0.6 is 0 Å². The van der Waals surface area contributed by atoms with Gasteiger partial charge in [0.2, 0.25) is 0 Å². The van der Waals surface area contributed by atoms with Crippen LogP contribution in [0.15, 0.2) is 59.8 Å². The summed E-state index contributed by atoms with van der Waals surface area (Å²) in [6.07, 6.45) is -0.364. The summed E-state index contributed by atoms with van der Waals surface area (Å²) in [6.45, 7) is 5.13. The van der Waals surface area contributed by atoms with Gasteiger partial charge in [-0.3, -0.25) is 15.0 Å². The molecule has 0 aliphatic carbocycles. The van der Waals surface area contributed by atoms with Gasteiger partial charge in [0.25, 0.3) is 5.69 Å². The van der Waals surface area contributed by atoms with E-state index in [9.17, 15) is 19.7 Å². The van der Waals surface area contributed by atoms with Crippen molar-refractivity contribution in [2.24, 2.45) is 0 Å². The lowest BCUT2D eigenvalue weighted by molar-refractivity contribution is -0.384. The number of ether oxygens (including phenoxy) is 2. The van der Waals surface area contributed by atoms with Crippen molar-refractivity contribution in [3.05, 3.63) is 75.5 Å². The highest BCUT2D eigenvalue weighted by molar-refractivity contribution is 6.03. The Morgan fingerprint density at radius 3 is 2.26 bits per heavy atom. The quantitative estimate of drug-likeness (QED) is 0.424. The van der Waals surface area contributed by atoms with Crippen molar-refractivity contribution < 1.29 is 24.0 Å². The molecule has 2 aromatic carbocycles. The van der Waals surface area contributed by atoms with Crippen molar-refractivity contribution in [2.45, 2.75) is 32.9 Å². The normalized spacial score (nSPS) is 16.2. The Labute approximate surface area is 179 Å². The number of allylic oxidation sites excluding steroid dienone is 1. The third kappa shape index (κ3) is 4.50. The van der Waals surface area contributed by atoms with Crippen LogP contribution in [0.1, 0.15) is 32.4 Å². The molecule has 1 aliphatic rings. The van der Waals surface area contributed by atoms with Gasteiger partial charge in [-0.25, -0.2) is 9.59 Å². The molecule has 0 saturated heterocycles. The lowest BCUT2D eigenvalue weighted by Crippen LogP contribution is -2.48. The molecule has 2 amide bonds. The highest BCUT2D eigenvalue weighted by atomic mass is 16.6. The van der Waals surface area contributed by atoms with E-state index in [4.69, 9.17) is 9.47 Å². The molecule has 31 heavy (non-hydrogen) atoms. The molecule has 1 atom stereocenters. The Bertz CT molecular complexity index is 1030. The first-order chi connectivity index (χ1) is 14.7. The zero-order valence-electron chi connectivity index (χ0n) is 17.6. The Morgan fingerprint density at radius 1 is 1.13 bits per heavy atom. The maximum absolute atomic E-state index is 13.0. The summed E-state index contributed by atoms with van der Waals surface area (Å²) in [5.41, 5.74) is 1.65. The molecule has 162 valence electrons. The van der Waals surface area contributed by atoms with E-state index in [1.807, 2.05) is 0 Å². The first-order valence-corrected chi connectivity index (χ1v) is 9.63. The molecule has 1 N–H and O–H groups in total. The molecule has 0 saturated carbocycles. The minimum Gasteiger partial charge on any atom is -0.497 e. The van der Waals surface area contributed by atoms with Gasteiger partial charge >= 0.3 is 12.0 Å². The number of hydrogen-bond acceptors (Lipinski definition) is 6. The standard InChI is InChI=1S/C22H23N3O6/c1-13(2)31-21(26)19-14(3)24(16-9-11-18(30-4)12-10-16)22(27)23-20(19)15-5-7-17(8-6-15)25(28)29/h5-13,20H,1-4H3,(H,23,27)/t20-/m0/s1. The number of carbonyl (C=O) groups is 2. The molecule has 0 aromatic heterocycles. The number of anilines is 1. The molecule has 1 aliphatic heterocycles. The Kier molecular flexibility index (Phi) is 6.24. The topological polar surface area (TPSA) is 111 Å². The fraction of sp³-hybridized carbons (Fsp3) is 0.273. The van der Waals surface area contributed by atoms with E-state index >= 15 is 0 Å². The molecule has 0 radical (unpaired) electrons. The first kappa shape index (κ1) is 21.8. The van der Waals surface area contributed by atoms with Gasteiger partial charge in [-0.2, -0.15) is 0 Å². The minimum absolute atomic E-state index is 0.0854. The number of nitro groups is 1. The second-order valence-corrected chi connectivity index (χ2v) is 7.22. The van der Waals surface area contributed by atoms with Crippen LogP contribution in [-0.4, -0.2) is 30.1 Å². The van der Waals surface area contributed by atoms with E-state index in [2.05, 4.69) is 5.32 Å². The van der Waals surface area contributed by atoms with Crippen molar-refractivity contribution in [1.82, 2.24) is 5.32 Å². The predicted molar refractivity (Wildman–Crippen MR) is 114 cm³/mol. The summed E-state index contributed by atoms with van der Waals surface area (Å²) in [5, 5.41) is 13.8. The molecule has 0 spiro atoms. The zero-order chi connectivity index (χ0) is 22.7. The molecule has 9 heteroatoms. The second kappa shape index (κ2) is 8.86. The van der Waals surface area contributed by atoms with Crippen molar-refractivity contribution in [3.63, 3.8) is 0 Å².